The summed E-state index contributed by atoms with van der Waals surface area (Å²) in [6.07, 6.45) is 1.01. The maximum atomic E-state index is 11.9. The molecule has 1 aliphatic heterocycles. The molecule has 1 heterocycles. The fourth-order valence-electron chi connectivity index (χ4n) is 3.32. The predicted molar refractivity (Wildman–Crippen MR) is 121 cm³/mol. The highest BCUT2D eigenvalue weighted by Gasteiger charge is 2.19. The fourth-order valence-corrected chi connectivity index (χ4v) is 3.32. The predicted octanol–water partition coefficient (Wildman–Crippen LogP) is 3.23. The zero-order valence-corrected chi connectivity index (χ0v) is 18.7. The molecule has 2 aromatic carbocycles. The van der Waals surface area contributed by atoms with E-state index < -0.39 is 5.97 Å². The maximum absolute atomic E-state index is 11.9. The van der Waals surface area contributed by atoms with Crippen LogP contribution in [0.25, 0.3) is 0 Å². The molecule has 0 saturated heterocycles. The zero-order valence-electron chi connectivity index (χ0n) is 16.4. The number of ether oxygens (including phenoxy) is 2. The van der Waals surface area contributed by atoms with Gasteiger partial charge in [-0.15, -0.1) is 24.0 Å². The lowest BCUT2D eigenvalue weighted by Crippen LogP contribution is -2.43. The van der Waals surface area contributed by atoms with E-state index in [-0.39, 0.29) is 24.0 Å². The normalized spacial score (nSPS) is 13.2. The van der Waals surface area contributed by atoms with Gasteiger partial charge in [0.2, 0.25) is 0 Å². The number of rotatable bonds is 4. The molecule has 0 saturated carbocycles. The summed E-state index contributed by atoms with van der Waals surface area (Å²) in [6.45, 7) is 2.32. The number of carbonyl (C=O) groups excluding carboxylic acids is 1. The number of nitrogens with zero attached hydrogens (tertiary/aromatic N) is 2. The van der Waals surface area contributed by atoms with Crippen LogP contribution in [0.2, 0.25) is 0 Å². The van der Waals surface area contributed by atoms with Crippen LogP contribution < -0.4 is 10.1 Å². The summed E-state index contributed by atoms with van der Waals surface area (Å²) in [7, 11) is 4.69. The minimum Gasteiger partial charge on any atom is -0.496 e. The molecule has 28 heavy (non-hydrogen) atoms. The molecule has 3 rings (SSSR count). The van der Waals surface area contributed by atoms with E-state index in [2.05, 4.69) is 39.5 Å². The van der Waals surface area contributed by atoms with E-state index >= 15 is 0 Å². The average Bonchev–Trinajstić information content (AvgIpc) is 2.73. The number of guanidine groups is 1. The van der Waals surface area contributed by atoms with Gasteiger partial charge in [-0.25, -0.2) is 4.79 Å². The van der Waals surface area contributed by atoms with Crippen molar-refractivity contribution in [3.8, 4) is 5.75 Å². The Hall–Kier alpha value is -2.29. The summed E-state index contributed by atoms with van der Waals surface area (Å²) in [4.78, 5) is 18.6. The Kier molecular flexibility index (Phi) is 8.10. The lowest BCUT2D eigenvalue weighted by Gasteiger charge is -2.31. The number of fused-ring (bicyclic) bond motifs is 1. The highest BCUT2D eigenvalue weighted by Crippen LogP contribution is 2.21. The Balaban J connectivity index is 0.00000280. The van der Waals surface area contributed by atoms with Gasteiger partial charge >= 0.3 is 5.97 Å². The number of benzene rings is 2. The fraction of sp³-hybridized carbons (Fsp3) is 0.333. The Morgan fingerprint density at radius 3 is 2.61 bits per heavy atom. The van der Waals surface area contributed by atoms with Gasteiger partial charge in [0.15, 0.2) is 5.96 Å². The molecule has 0 bridgehead atoms. The van der Waals surface area contributed by atoms with Crippen molar-refractivity contribution in [2.75, 3.05) is 27.8 Å². The Morgan fingerprint density at radius 1 is 1.18 bits per heavy atom. The zero-order chi connectivity index (χ0) is 19.2. The highest BCUT2D eigenvalue weighted by molar-refractivity contribution is 14.0. The van der Waals surface area contributed by atoms with Crippen LogP contribution >= 0.6 is 24.0 Å². The van der Waals surface area contributed by atoms with Gasteiger partial charge in [0.05, 0.1) is 14.2 Å². The smallest absolute Gasteiger partial charge is 0.341 e. The Labute approximate surface area is 183 Å². The molecule has 0 unspecified atom stereocenters. The maximum Gasteiger partial charge on any atom is 0.341 e. The van der Waals surface area contributed by atoms with Gasteiger partial charge < -0.3 is 19.7 Å². The van der Waals surface area contributed by atoms with Gasteiger partial charge in [0.25, 0.3) is 0 Å². The lowest BCUT2D eigenvalue weighted by molar-refractivity contribution is 0.0597. The van der Waals surface area contributed by atoms with Crippen molar-refractivity contribution < 1.29 is 14.3 Å². The third-order valence-electron chi connectivity index (χ3n) is 4.76. The van der Waals surface area contributed by atoms with Gasteiger partial charge in [-0.2, -0.15) is 0 Å². The first-order valence-electron chi connectivity index (χ1n) is 8.94. The van der Waals surface area contributed by atoms with Crippen LogP contribution in [-0.2, 0) is 24.2 Å². The van der Waals surface area contributed by atoms with Crippen molar-refractivity contribution in [2.45, 2.75) is 19.5 Å². The van der Waals surface area contributed by atoms with E-state index in [9.17, 15) is 4.79 Å². The number of aliphatic imine (C=N–C) groups is 1. The molecule has 0 aromatic heterocycles. The van der Waals surface area contributed by atoms with Gasteiger partial charge in [0, 0.05) is 26.7 Å². The van der Waals surface area contributed by atoms with Crippen molar-refractivity contribution in [3.63, 3.8) is 0 Å². The highest BCUT2D eigenvalue weighted by atomic mass is 127. The van der Waals surface area contributed by atoms with E-state index in [1.165, 1.54) is 25.3 Å². The second-order valence-corrected chi connectivity index (χ2v) is 6.37. The van der Waals surface area contributed by atoms with Gasteiger partial charge in [-0.1, -0.05) is 30.3 Å². The van der Waals surface area contributed by atoms with Crippen LogP contribution in [0.4, 0.5) is 0 Å². The van der Waals surface area contributed by atoms with Crippen LogP contribution in [0.1, 0.15) is 27.0 Å². The first-order valence-corrected chi connectivity index (χ1v) is 8.94. The number of nitrogens with one attached hydrogen (secondary N) is 1. The summed E-state index contributed by atoms with van der Waals surface area (Å²) in [5.74, 6) is 0.938. The van der Waals surface area contributed by atoms with E-state index in [0.717, 1.165) is 31.0 Å². The molecule has 0 spiro atoms. The summed E-state index contributed by atoms with van der Waals surface area (Å²) in [5.41, 5.74) is 4.11. The number of halogens is 1. The molecule has 2 aromatic rings. The van der Waals surface area contributed by atoms with Crippen LogP contribution in [0.5, 0.6) is 5.75 Å². The quantitative estimate of drug-likeness (QED) is 0.306. The molecule has 150 valence electrons. The molecular formula is C21H26IN3O3. The molecular weight excluding hydrogens is 469 g/mol. The first kappa shape index (κ1) is 22.0. The molecule has 1 aliphatic rings. The summed E-state index contributed by atoms with van der Waals surface area (Å²) in [6, 6.07) is 14.0. The Morgan fingerprint density at radius 2 is 1.93 bits per heavy atom. The molecule has 0 atom stereocenters. The van der Waals surface area contributed by atoms with Crippen molar-refractivity contribution in [2.24, 2.45) is 4.99 Å². The van der Waals surface area contributed by atoms with E-state index in [1.54, 1.807) is 19.2 Å². The molecule has 0 aliphatic carbocycles. The number of esters is 1. The molecule has 6 nitrogen and oxygen atoms in total. The van der Waals surface area contributed by atoms with Crippen LogP contribution in [0.15, 0.2) is 47.5 Å². The average molecular weight is 495 g/mol. The molecule has 1 N–H and O–H groups in total. The molecule has 7 heteroatoms. The SMILES string of the molecule is CN=C(NCc1ccc(OC)c(C(=O)OC)c1)N1CCc2ccccc2C1.I. The molecule has 0 amide bonds. The van der Waals surface area contributed by atoms with Crippen molar-refractivity contribution in [1.29, 1.82) is 0 Å². The largest absolute Gasteiger partial charge is 0.496 e. The van der Waals surface area contributed by atoms with E-state index in [0.29, 0.717) is 17.9 Å². The van der Waals surface area contributed by atoms with Crippen LogP contribution in [-0.4, -0.2) is 44.6 Å². The summed E-state index contributed by atoms with van der Waals surface area (Å²) in [5, 5.41) is 3.39. The van der Waals surface area contributed by atoms with E-state index in [1.807, 2.05) is 6.07 Å². The Bertz CT molecular complexity index is 855. The monoisotopic (exact) mass is 495 g/mol. The second kappa shape index (κ2) is 10.3. The van der Waals surface area contributed by atoms with Crippen molar-refractivity contribution >= 4 is 35.9 Å². The lowest BCUT2D eigenvalue weighted by atomic mass is 10.0. The minimum atomic E-state index is -0.411. The van der Waals surface area contributed by atoms with Gasteiger partial charge in [0.1, 0.15) is 11.3 Å². The topological polar surface area (TPSA) is 63.2 Å². The third kappa shape index (κ3) is 4.95. The number of hydrogen-bond acceptors (Lipinski definition) is 4. The van der Waals surface area contributed by atoms with Gasteiger partial charge in [-0.05, 0) is 35.2 Å². The van der Waals surface area contributed by atoms with Crippen LogP contribution in [0, 0.1) is 0 Å². The summed E-state index contributed by atoms with van der Waals surface area (Å²) >= 11 is 0. The second-order valence-electron chi connectivity index (χ2n) is 6.37. The van der Waals surface area contributed by atoms with Gasteiger partial charge in [-0.3, -0.25) is 4.99 Å². The third-order valence-corrected chi connectivity index (χ3v) is 4.76. The minimum absolute atomic E-state index is 0. The number of carbonyl (C=O) groups is 1. The van der Waals surface area contributed by atoms with E-state index in [4.69, 9.17) is 9.47 Å². The van der Waals surface area contributed by atoms with Crippen molar-refractivity contribution in [1.82, 2.24) is 10.2 Å². The molecule has 0 radical (unpaired) electrons. The number of methoxy groups -OCH3 is 2. The molecule has 0 fully saturated rings. The first-order chi connectivity index (χ1) is 13.2. The van der Waals surface area contributed by atoms with Crippen LogP contribution in [0.3, 0.4) is 0 Å². The number of hydrogen-bond donors (Lipinski definition) is 1. The standard InChI is InChI=1S/C21H25N3O3.HI/c1-22-21(24-11-10-16-6-4-5-7-17(16)14-24)23-13-15-8-9-19(26-2)18(12-15)20(25)27-3;/h4-9,12H,10-11,13-14H2,1-3H3,(H,22,23);1H. The summed E-state index contributed by atoms with van der Waals surface area (Å²) < 4.78 is 10.1. The van der Waals surface area contributed by atoms with Crippen molar-refractivity contribution in [3.05, 3.63) is 64.7 Å².